The van der Waals surface area contributed by atoms with Crippen molar-refractivity contribution in [3.63, 3.8) is 0 Å². The van der Waals surface area contributed by atoms with Crippen LogP contribution in [0, 0.1) is 24.7 Å². The number of carbonyl (C=O) groups excluding carboxylic acids is 1. The molecule has 4 saturated carbocycles. The summed E-state index contributed by atoms with van der Waals surface area (Å²) in [5.41, 5.74) is 0.00784. The molecule has 5 rings (SSSR count). The molecule has 4 aliphatic carbocycles. The minimum absolute atomic E-state index is 0.00784. The predicted molar refractivity (Wildman–Crippen MR) is 72.1 cm³/mol. The van der Waals surface area contributed by atoms with E-state index in [4.69, 9.17) is 4.42 Å². The van der Waals surface area contributed by atoms with Crippen LogP contribution in [0.3, 0.4) is 0 Å². The number of hydrogen-bond donors (Lipinski definition) is 2. The molecule has 108 valence electrons. The summed E-state index contributed by atoms with van der Waals surface area (Å²) >= 11 is 0. The summed E-state index contributed by atoms with van der Waals surface area (Å²) in [5.74, 6) is 2.89. The van der Waals surface area contributed by atoms with Crippen molar-refractivity contribution in [2.24, 2.45) is 17.8 Å². The van der Waals surface area contributed by atoms with Gasteiger partial charge in [-0.15, -0.1) is 5.10 Å². The van der Waals surface area contributed by atoms with Gasteiger partial charge in [0.05, 0.1) is 0 Å². The van der Waals surface area contributed by atoms with Crippen molar-refractivity contribution in [3.05, 3.63) is 5.89 Å². The number of nitrogens with zero attached hydrogens (tertiary/aromatic N) is 2. The van der Waals surface area contributed by atoms with Crippen LogP contribution in [0.1, 0.15) is 44.4 Å². The van der Waals surface area contributed by atoms with Gasteiger partial charge in [-0.05, 0) is 56.3 Å². The van der Waals surface area contributed by atoms with E-state index in [0.29, 0.717) is 5.89 Å². The highest BCUT2D eigenvalue weighted by Crippen LogP contribution is 2.55. The summed E-state index contributed by atoms with van der Waals surface area (Å²) in [4.78, 5) is 12.2. The van der Waals surface area contributed by atoms with Crippen molar-refractivity contribution in [2.45, 2.75) is 51.0 Å². The van der Waals surface area contributed by atoms with E-state index in [1.54, 1.807) is 6.92 Å². The van der Waals surface area contributed by atoms with Gasteiger partial charge in [0, 0.05) is 12.5 Å². The maximum Gasteiger partial charge on any atom is 0.323 e. The summed E-state index contributed by atoms with van der Waals surface area (Å²) < 4.78 is 5.18. The quantitative estimate of drug-likeness (QED) is 0.869. The summed E-state index contributed by atoms with van der Waals surface area (Å²) in [7, 11) is 0. The zero-order valence-corrected chi connectivity index (χ0v) is 11.7. The topological polar surface area (TPSA) is 80.0 Å². The molecule has 0 radical (unpaired) electrons. The summed E-state index contributed by atoms with van der Waals surface area (Å²) in [6, 6.07) is -0.0414. The molecule has 0 unspecified atom stereocenters. The van der Waals surface area contributed by atoms with Crippen LogP contribution in [0.25, 0.3) is 0 Å². The van der Waals surface area contributed by atoms with Gasteiger partial charge in [0.1, 0.15) is 0 Å². The second-order valence-corrected chi connectivity index (χ2v) is 6.90. The molecule has 2 amide bonds. The van der Waals surface area contributed by atoms with E-state index < -0.39 is 0 Å². The molecule has 0 aromatic carbocycles. The number of urea groups is 1. The van der Waals surface area contributed by atoms with Gasteiger partial charge in [0.2, 0.25) is 5.89 Å². The second kappa shape index (κ2) is 4.20. The maximum absolute atomic E-state index is 12.2. The van der Waals surface area contributed by atoms with Gasteiger partial charge in [-0.25, -0.2) is 4.79 Å². The number of anilines is 1. The Hall–Kier alpha value is -1.59. The average Bonchev–Trinajstić information content (AvgIpc) is 2.71. The molecule has 0 saturated heterocycles. The van der Waals surface area contributed by atoms with E-state index in [9.17, 15) is 4.79 Å². The monoisotopic (exact) mass is 276 g/mol. The molecule has 6 heteroatoms. The number of nitrogens with one attached hydrogen (secondary N) is 2. The first kappa shape index (κ1) is 12.2. The average molecular weight is 276 g/mol. The highest BCUT2D eigenvalue weighted by atomic mass is 16.4. The van der Waals surface area contributed by atoms with Gasteiger partial charge in [0.25, 0.3) is 0 Å². The van der Waals surface area contributed by atoms with Crippen LogP contribution >= 0.6 is 0 Å². The van der Waals surface area contributed by atoms with E-state index in [-0.39, 0.29) is 17.6 Å². The van der Waals surface area contributed by atoms with Crippen molar-refractivity contribution in [2.75, 3.05) is 5.32 Å². The molecule has 20 heavy (non-hydrogen) atoms. The third-order valence-electron chi connectivity index (χ3n) is 5.16. The van der Waals surface area contributed by atoms with Gasteiger partial charge in [-0.1, -0.05) is 5.10 Å². The van der Waals surface area contributed by atoms with Crippen LogP contribution in [0.15, 0.2) is 4.42 Å². The zero-order chi connectivity index (χ0) is 13.7. The molecular formula is C14H20N4O2. The lowest BCUT2D eigenvalue weighted by Crippen LogP contribution is -2.60. The number of aromatic nitrogens is 2. The zero-order valence-electron chi connectivity index (χ0n) is 11.7. The molecule has 1 heterocycles. The minimum atomic E-state index is -0.212. The standard InChI is InChI=1S/C14H20N4O2/c1-8-17-18-13(20-8)15-12(19)16-14-5-9-2-10(6-14)4-11(3-9)7-14/h9-11H,2-7H2,1H3,(H2,15,16,18,19). The molecule has 1 aromatic heterocycles. The minimum Gasteiger partial charge on any atom is -0.408 e. The second-order valence-electron chi connectivity index (χ2n) is 6.90. The number of hydrogen-bond acceptors (Lipinski definition) is 4. The Morgan fingerprint density at radius 2 is 1.75 bits per heavy atom. The maximum atomic E-state index is 12.2. The Morgan fingerprint density at radius 1 is 1.15 bits per heavy atom. The lowest BCUT2D eigenvalue weighted by Gasteiger charge is -2.56. The number of amides is 2. The first-order valence-electron chi connectivity index (χ1n) is 7.49. The van der Waals surface area contributed by atoms with Crippen LogP contribution in [0.5, 0.6) is 0 Å². The molecule has 4 bridgehead atoms. The Morgan fingerprint density at radius 3 is 2.25 bits per heavy atom. The van der Waals surface area contributed by atoms with E-state index in [1.807, 2.05) is 0 Å². The normalized spacial score (nSPS) is 38.0. The van der Waals surface area contributed by atoms with Crippen molar-refractivity contribution < 1.29 is 9.21 Å². The lowest BCUT2D eigenvalue weighted by molar-refractivity contribution is -0.0127. The van der Waals surface area contributed by atoms with Crippen LogP contribution in [-0.2, 0) is 0 Å². The van der Waals surface area contributed by atoms with Gasteiger partial charge in [-0.2, -0.15) is 0 Å². The summed E-state index contributed by atoms with van der Waals surface area (Å²) in [6.45, 7) is 1.70. The third kappa shape index (κ3) is 2.07. The van der Waals surface area contributed by atoms with Crippen LogP contribution in [-0.4, -0.2) is 21.8 Å². The van der Waals surface area contributed by atoms with Crippen LogP contribution < -0.4 is 10.6 Å². The Kier molecular flexibility index (Phi) is 2.56. The first-order chi connectivity index (χ1) is 9.60. The summed E-state index contributed by atoms with van der Waals surface area (Å²) in [6.07, 6.45) is 7.50. The third-order valence-corrected chi connectivity index (χ3v) is 5.16. The predicted octanol–water partition coefficient (Wildman–Crippen LogP) is 2.47. The molecule has 0 spiro atoms. The molecule has 1 aromatic rings. The number of rotatable bonds is 2. The highest BCUT2D eigenvalue weighted by Gasteiger charge is 2.51. The first-order valence-corrected chi connectivity index (χ1v) is 7.49. The van der Waals surface area contributed by atoms with E-state index >= 15 is 0 Å². The molecule has 6 nitrogen and oxygen atoms in total. The van der Waals surface area contributed by atoms with Crippen molar-refractivity contribution in [1.29, 1.82) is 0 Å². The lowest BCUT2D eigenvalue weighted by atomic mass is 9.53. The molecule has 4 aliphatic rings. The fourth-order valence-electron chi connectivity index (χ4n) is 4.98. The smallest absolute Gasteiger partial charge is 0.323 e. The Bertz CT molecular complexity index is 504. The summed E-state index contributed by atoms with van der Waals surface area (Å²) in [5, 5.41) is 13.4. The van der Waals surface area contributed by atoms with E-state index in [2.05, 4.69) is 20.8 Å². The van der Waals surface area contributed by atoms with Gasteiger partial charge in [0.15, 0.2) is 0 Å². The largest absolute Gasteiger partial charge is 0.408 e. The van der Waals surface area contributed by atoms with E-state index in [1.165, 1.54) is 19.3 Å². The van der Waals surface area contributed by atoms with E-state index in [0.717, 1.165) is 37.0 Å². The van der Waals surface area contributed by atoms with Gasteiger partial charge in [-0.3, -0.25) is 5.32 Å². The van der Waals surface area contributed by atoms with Crippen molar-refractivity contribution in [1.82, 2.24) is 15.5 Å². The fourth-order valence-corrected chi connectivity index (χ4v) is 4.98. The molecular weight excluding hydrogens is 256 g/mol. The highest BCUT2D eigenvalue weighted by molar-refractivity contribution is 5.87. The molecule has 0 atom stereocenters. The molecule has 0 aliphatic heterocycles. The number of aryl methyl sites for hydroxylation is 1. The van der Waals surface area contributed by atoms with Crippen LogP contribution in [0.4, 0.5) is 10.8 Å². The number of carbonyl (C=O) groups is 1. The molecule has 4 fully saturated rings. The molecule has 2 N–H and O–H groups in total. The van der Waals surface area contributed by atoms with Crippen molar-refractivity contribution in [3.8, 4) is 0 Å². The van der Waals surface area contributed by atoms with Crippen molar-refractivity contribution >= 4 is 12.0 Å². The fraction of sp³-hybridized carbons (Fsp3) is 0.786. The van der Waals surface area contributed by atoms with Gasteiger partial charge < -0.3 is 9.73 Å². The van der Waals surface area contributed by atoms with Gasteiger partial charge >= 0.3 is 12.0 Å². The van der Waals surface area contributed by atoms with Crippen LogP contribution in [0.2, 0.25) is 0 Å². The Balaban J connectivity index is 1.44. The Labute approximate surface area is 117 Å². The SMILES string of the molecule is Cc1nnc(NC(=O)NC23CC4CC(CC(C4)C2)C3)o1.